The summed E-state index contributed by atoms with van der Waals surface area (Å²) in [5, 5.41) is 2.94. The van der Waals surface area contributed by atoms with Crippen LogP contribution in [0.1, 0.15) is 35.4 Å². The predicted octanol–water partition coefficient (Wildman–Crippen LogP) is 2.46. The Bertz CT molecular complexity index is 1120. The molecule has 0 spiro atoms. The molecular weight excluding hydrogens is 378 g/mol. The number of carbonyl (C=O) groups is 2. The Morgan fingerprint density at radius 1 is 1.17 bits per heavy atom. The highest BCUT2D eigenvalue weighted by molar-refractivity contribution is 6.24. The summed E-state index contributed by atoms with van der Waals surface area (Å²) in [6, 6.07) is 5.54. The number of H-pyrrole nitrogens is 1. The first-order valence-corrected chi connectivity index (χ1v) is 10.5. The minimum Gasteiger partial charge on any atom is -0.338 e. The lowest BCUT2D eigenvalue weighted by atomic mass is 10.0. The predicted molar refractivity (Wildman–Crippen MR) is 116 cm³/mol. The molecule has 1 aromatic carbocycles. The zero-order valence-corrected chi connectivity index (χ0v) is 17.1. The molecule has 0 unspecified atom stereocenters. The van der Waals surface area contributed by atoms with Gasteiger partial charge in [-0.15, -0.1) is 0 Å². The molecule has 2 N–H and O–H groups in total. The molecule has 1 fully saturated rings. The lowest BCUT2D eigenvalue weighted by molar-refractivity contribution is -0.114. The van der Waals surface area contributed by atoms with E-state index in [4.69, 9.17) is 0 Å². The van der Waals surface area contributed by atoms with Gasteiger partial charge in [-0.25, -0.2) is 4.98 Å². The summed E-state index contributed by atoms with van der Waals surface area (Å²) in [5.41, 5.74) is 4.62. The van der Waals surface area contributed by atoms with Crippen LogP contribution in [0.5, 0.6) is 0 Å². The standard InChI is InChI=1S/C23H25N5O2/c1-27-10-5-11-28(13-12-27)23(30)15-8-9-18-19(14-15)25-21(24-18)20-16-6-3-2-4-7-17(16)26-22(20)29/h2,4,7-9,14H,3,5-6,10-13H2,1H3,(H,24,25)(H,26,29). The molecule has 0 radical (unpaired) electrons. The monoisotopic (exact) mass is 403 g/mol. The summed E-state index contributed by atoms with van der Waals surface area (Å²) in [4.78, 5) is 37.8. The summed E-state index contributed by atoms with van der Waals surface area (Å²) in [6.07, 6.45) is 8.67. The van der Waals surface area contributed by atoms with Crippen LogP contribution in [-0.4, -0.2) is 64.8 Å². The van der Waals surface area contributed by atoms with Crippen LogP contribution in [0, 0.1) is 0 Å². The number of amides is 2. The van der Waals surface area contributed by atoms with Crippen LogP contribution >= 0.6 is 0 Å². The van der Waals surface area contributed by atoms with Crippen molar-refractivity contribution < 1.29 is 9.59 Å². The Labute approximate surface area is 175 Å². The third kappa shape index (κ3) is 3.35. The van der Waals surface area contributed by atoms with Gasteiger partial charge >= 0.3 is 0 Å². The smallest absolute Gasteiger partial charge is 0.259 e. The maximum atomic E-state index is 13.0. The number of likely N-dealkylation sites (N-methyl/N-ethyl adjacent to an activating group) is 1. The molecule has 0 atom stereocenters. The van der Waals surface area contributed by atoms with Crippen molar-refractivity contribution in [2.24, 2.45) is 0 Å². The van der Waals surface area contributed by atoms with E-state index < -0.39 is 0 Å². The van der Waals surface area contributed by atoms with Crippen molar-refractivity contribution in [3.63, 3.8) is 0 Å². The molecule has 1 saturated heterocycles. The van der Waals surface area contributed by atoms with Crippen molar-refractivity contribution in [2.75, 3.05) is 33.2 Å². The third-order valence-corrected chi connectivity index (χ3v) is 6.03. The normalized spacial score (nSPS) is 20.1. The van der Waals surface area contributed by atoms with E-state index in [0.717, 1.165) is 67.7 Å². The van der Waals surface area contributed by atoms with Gasteiger partial charge in [-0.2, -0.15) is 0 Å². The van der Waals surface area contributed by atoms with Crippen molar-refractivity contribution in [3.8, 4) is 0 Å². The Morgan fingerprint density at radius 3 is 2.97 bits per heavy atom. The molecule has 5 rings (SSSR count). The van der Waals surface area contributed by atoms with Crippen LogP contribution in [-0.2, 0) is 4.79 Å². The van der Waals surface area contributed by atoms with Crippen LogP contribution < -0.4 is 5.32 Å². The highest BCUT2D eigenvalue weighted by Crippen LogP contribution is 2.33. The molecule has 2 aliphatic heterocycles. The summed E-state index contributed by atoms with van der Waals surface area (Å²) < 4.78 is 0. The third-order valence-electron chi connectivity index (χ3n) is 6.03. The van der Waals surface area contributed by atoms with E-state index in [0.29, 0.717) is 17.0 Å². The van der Waals surface area contributed by atoms with Gasteiger partial charge in [-0.1, -0.05) is 12.2 Å². The second kappa shape index (κ2) is 7.57. The minimum absolute atomic E-state index is 0.0454. The van der Waals surface area contributed by atoms with Crippen molar-refractivity contribution in [3.05, 3.63) is 59.1 Å². The Hall–Kier alpha value is -3.19. The number of nitrogens with zero attached hydrogens (tertiary/aromatic N) is 3. The number of imidazole rings is 1. The van der Waals surface area contributed by atoms with Gasteiger partial charge in [0.2, 0.25) is 0 Å². The number of nitrogens with one attached hydrogen (secondary N) is 2. The molecule has 0 saturated carbocycles. The highest BCUT2D eigenvalue weighted by Gasteiger charge is 2.30. The van der Waals surface area contributed by atoms with E-state index in [1.54, 1.807) is 0 Å². The molecule has 7 nitrogen and oxygen atoms in total. The quantitative estimate of drug-likeness (QED) is 0.807. The number of hydrogen-bond acceptors (Lipinski definition) is 4. The van der Waals surface area contributed by atoms with Gasteiger partial charge in [-0.3, -0.25) is 9.59 Å². The van der Waals surface area contributed by atoms with Gasteiger partial charge in [0.25, 0.3) is 11.8 Å². The SMILES string of the molecule is CN1CCCN(C(=O)c2ccc3nc(C4=C5CCC=CC=C5NC4=O)[nH]c3c2)CC1. The van der Waals surface area contributed by atoms with E-state index in [1.807, 2.05) is 35.3 Å². The van der Waals surface area contributed by atoms with Crippen LogP contribution in [0.4, 0.5) is 0 Å². The second-order valence-corrected chi connectivity index (χ2v) is 8.12. The Balaban J connectivity index is 1.47. The van der Waals surface area contributed by atoms with Crippen molar-refractivity contribution in [2.45, 2.75) is 19.3 Å². The molecule has 2 amide bonds. The molecule has 154 valence electrons. The molecule has 3 heterocycles. The molecule has 7 heteroatoms. The number of carbonyl (C=O) groups excluding carboxylic acids is 2. The number of fused-ring (bicyclic) bond motifs is 2. The lowest BCUT2D eigenvalue weighted by Gasteiger charge is -2.20. The molecule has 0 bridgehead atoms. The largest absolute Gasteiger partial charge is 0.338 e. The van der Waals surface area contributed by atoms with Gasteiger partial charge in [0, 0.05) is 30.9 Å². The first kappa shape index (κ1) is 18.8. The summed E-state index contributed by atoms with van der Waals surface area (Å²) in [7, 11) is 2.09. The summed E-state index contributed by atoms with van der Waals surface area (Å²) >= 11 is 0. The average molecular weight is 403 g/mol. The zero-order valence-electron chi connectivity index (χ0n) is 17.1. The number of benzene rings is 1. The fraction of sp³-hybridized carbons (Fsp3) is 0.348. The fourth-order valence-corrected chi connectivity index (χ4v) is 4.37. The highest BCUT2D eigenvalue weighted by atomic mass is 16.2. The van der Waals surface area contributed by atoms with Gasteiger partial charge in [-0.05, 0) is 62.7 Å². The van der Waals surface area contributed by atoms with E-state index >= 15 is 0 Å². The Kier molecular flexibility index (Phi) is 4.75. The number of allylic oxidation sites excluding steroid dienone is 4. The molecular formula is C23H25N5O2. The van der Waals surface area contributed by atoms with Gasteiger partial charge in [0.15, 0.2) is 0 Å². The molecule has 1 aliphatic carbocycles. The van der Waals surface area contributed by atoms with Gasteiger partial charge in [0.1, 0.15) is 5.82 Å². The number of aromatic amines is 1. The molecule has 1 aromatic heterocycles. The number of aromatic nitrogens is 2. The zero-order chi connectivity index (χ0) is 20.7. The topological polar surface area (TPSA) is 81.3 Å². The van der Waals surface area contributed by atoms with Crippen LogP contribution in [0.2, 0.25) is 0 Å². The Morgan fingerprint density at radius 2 is 2.07 bits per heavy atom. The van der Waals surface area contributed by atoms with E-state index in [-0.39, 0.29) is 11.8 Å². The first-order chi connectivity index (χ1) is 14.6. The number of hydrogen-bond donors (Lipinski definition) is 2. The molecule has 2 aromatic rings. The molecule has 3 aliphatic rings. The van der Waals surface area contributed by atoms with E-state index in [9.17, 15) is 9.59 Å². The minimum atomic E-state index is -0.129. The number of rotatable bonds is 2. The van der Waals surface area contributed by atoms with Crippen molar-refractivity contribution in [1.82, 2.24) is 25.1 Å². The second-order valence-electron chi connectivity index (χ2n) is 8.12. The lowest BCUT2D eigenvalue weighted by Crippen LogP contribution is -2.34. The summed E-state index contributed by atoms with van der Waals surface area (Å²) in [5.74, 6) is 0.475. The first-order valence-electron chi connectivity index (χ1n) is 10.5. The molecule has 30 heavy (non-hydrogen) atoms. The van der Waals surface area contributed by atoms with Crippen molar-refractivity contribution in [1.29, 1.82) is 0 Å². The maximum absolute atomic E-state index is 13.0. The van der Waals surface area contributed by atoms with Crippen molar-refractivity contribution >= 4 is 28.4 Å². The fourth-order valence-electron chi connectivity index (χ4n) is 4.37. The summed E-state index contributed by atoms with van der Waals surface area (Å²) in [6.45, 7) is 3.41. The van der Waals surface area contributed by atoms with Crippen LogP contribution in [0.3, 0.4) is 0 Å². The van der Waals surface area contributed by atoms with Crippen LogP contribution in [0.25, 0.3) is 16.6 Å². The van der Waals surface area contributed by atoms with E-state index in [2.05, 4.69) is 33.3 Å². The van der Waals surface area contributed by atoms with Gasteiger partial charge < -0.3 is 20.1 Å². The van der Waals surface area contributed by atoms with Gasteiger partial charge in [0.05, 0.1) is 16.6 Å². The van der Waals surface area contributed by atoms with Crippen LogP contribution in [0.15, 0.2) is 47.7 Å². The maximum Gasteiger partial charge on any atom is 0.259 e. The van der Waals surface area contributed by atoms with E-state index in [1.165, 1.54) is 0 Å². The average Bonchev–Trinajstić information content (AvgIpc) is 3.09.